The number of hydrogen-bond acceptors (Lipinski definition) is 5. The number of rotatable bonds is 2. The quantitative estimate of drug-likeness (QED) is 0.634. The van der Waals surface area contributed by atoms with Crippen molar-refractivity contribution in [3.05, 3.63) is 0 Å². The van der Waals surface area contributed by atoms with Gasteiger partial charge in [0.2, 0.25) is 0 Å². The zero-order chi connectivity index (χ0) is 9.26. The lowest BCUT2D eigenvalue weighted by molar-refractivity contribution is -0.119. The van der Waals surface area contributed by atoms with E-state index in [0.29, 0.717) is 0 Å². The van der Waals surface area contributed by atoms with Crippen LogP contribution in [0.4, 0.5) is 0 Å². The first-order valence-electron chi connectivity index (χ1n) is 4.44. The summed E-state index contributed by atoms with van der Waals surface area (Å²) >= 11 is 6.81. The molecule has 0 aromatic heterocycles. The van der Waals surface area contributed by atoms with Crippen LogP contribution in [0.3, 0.4) is 0 Å². The summed E-state index contributed by atoms with van der Waals surface area (Å²) < 4.78 is 0. The first-order chi connectivity index (χ1) is 6.29. The molecule has 2 rings (SSSR count). The van der Waals surface area contributed by atoms with Gasteiger partial charge in [-0.05, 0) is 6.42 Å². The number of hydrogen-bond donors (Lipinski definition) is 2. The predicted octanol–water partition coefficient (Wildman–Crippen LogP) is -0.0502. The zero-order valence-electron chi connectivity index (χ0n) is 7.21. The summed E-state index contributed by atoms with van der Waals surface area (Å²) in [5.74, 6) is 1.24. The van der Waals surface area contributed by atoms with E-state index < -0.39 is 0 Å². The van der Waals surface area contributed by atoms with Crippen molar-refractivity contribution in [1.29, 1.82) is 0 Å². The summed E-state index contributed by atoms with van der Waals surface area (Å²) in [5.41, 5.74) is 0. The van der Waals surface area contributed by atoms with Crippen LogP contribution in [0.5, 0.6) is 0 Å². The third kappa shape index (κ3) is 1.93. The Kier molecular flexibility index (Phi) is 2.98. The molecule has 0 aromatic rings. The number of nitrogens with one attached hydrogen (secondary N) is 2. The normalized spacial score (nSPS) is 34.0. The smallest absolute Gasteiger partial charge is 0.181 e. The highest BCUT2D eigenvalue weighted by Gasteiger charge is 2.34. The fourth-order valence-electron chi connectivity index (χ4n) is 1.62. The molecule has 72 valence electrons. The van der Waals surface area contributed by atoms with Gasteiger partial charge in [0.05, 0.1) is 0 Å². The van der Waals surface area contributed by atoms with Crippen LogP contribution in [0.25, 0.3) is 0 Å². The van der Waals surface area contributed by atoms with Gasteiger partial charge in [0.1, 0.15) is 11.4 Å². The molecule has 2 saturated heterocycles. The Labute approximate surface area is 87.0 Å². The minimum Gasteiger partial charge on any atom is -0.303 e. The summed E-state index contributed by atoms with van der Waals surface area (Å²) in [6.07, 6.45) is 0.864. The van der Waals surface area contributed by atoms with Crippen molar-refractivity contribution in [3.63, 3.8) is 0 Å². The van der Waals surface area contributed by atoms with Crippen LogP contribution in [0.2, 0.25) is 0 Å². The van der Waals surface area contributed by atoms with Gasteiger partial charge in [0.25, 0.3) is 0 Å². The molecule has 0 radical (unpaired) electrons. The lowest BCUT2D eigenvalue weighted by Crippen LogP contribution is -2.44. The van der Waals surface area contributed by atoms with E-state index in [1.165, 1.54) is 0 Å². The molecule has 2 heterocycles. The molecule has 2 fully saturated rings. The highest BCUT2D eigenvalue weighted by molar-refractivity contribution is 8.00. The van der Waals surface area contributed by atoms with Gasteiger partial charge in [0, 0.05) is 23.7 Å². The second-order valence-electron chi connectivity index (χ2n) is 3.21. The van der Waals surface area contributed by atoms with E-state index in [-0.39, 0.29) is 17.2 Å². The van der Waals surface area contributed by atoms with Gasteiger partial charge >= 0.3 is 0 Å². The monoisotopic (exact) mass is 216 g/mol. The summed E-state index contributed by atoms with van der Waals surface area (Å²) in [7, 11) is 0. The van der Waals surface area contributed by atoms with E-state index in [4.69, 9.17) is 12.2 Å². The first kappa shape index (κ1) is 9.58. The van der Waals surface area contributed by atoms with E-state index in [0.717, 1.165) is 30.1 Å². The molecular formula is C8H12N2OS2. The highest BCUT2D eigenvalue weighted by Crippen LogP contribution is 2.18. The van der Waals surface area contributed by atoms with Gasteiger partial charge in [-0.15, -0.1) is 11.8 Å². The Morgan fingerprint density at radius 2 is 2.31 bits per heavy atom. The lowest BCUT2D eigenvalue weighted by atomic mass is 10.1. The molecule has 5 heteroatoms. The van der Waals surface area contributed by atoms with Crippen LogP contribution in [0.15, 0.2) is 0 Å². The number of carbonyl (C=O) groups is 1. The Bertz CT molecular complexity index is 238. The van der Waals surface area contributed by atoms with Crippen molar-refractivity contribution >= 4 is 34.6 Å². The molecule has 0 spiro atoms. The molecule has 0 bridgehead atoms. The summed E-state index contributed by atoms with van der Waals surface area (Å²) in [6, 6.07) is -0.168. The second kappa shape index (κ2) is 4.04. The first-order valence-corrected chi connectivity index (χ1v) is 5.89. The standard InChI is InChI=1S/C8H12N2OS2/c11-7(8-10-3-4-13-8)6-5(12)1-2-9-6/h6,8-10H,1-4H2/t6-,8?/m0/s1. The minimum atomic E-state index is -0.168. The van der Waals surface area contributed by atoms with Crippen molar-refractivity contribution in [2.24, 2.45) is 0 Å². The predicted molar refractivity (Wildman–Crippen MR) is 58.3 cm³/mol. The van der Waals surface area contributed by atoms with E-state index in [1.54, 1.807) is 11.8 Å². The van der Waals surface area contributed by atoms with Crippen LogP contribution in [-0.4, -0.2) is 40.9 Å². The number of thioether (sulfide) groups is 1. The van der Waals surface area contributed by atoms with Crippen LogP contribution in [0.1, 0.15) is 6.42 Å². The maximum atomic E-state index is 11.8. The average molecular weight is 216 g/mol. The molecule has 1 unspecified atom stereocenters. The molecule has 2 aliphatic heterocycles. The molecule has 0 amide bonds. The Balaban J connectivity index is 1.99. The van der Waals surface area contributed by atoms with Crippen molar-refractivity contribution < 1.29 is 4.79 Å². The summed E-state index contributed by atoms with van der Waals surface area (Å²) in [6.45, 7) is 1.78. The van der Waals surface area contributed by atoms with Gasteiger partial charge in [0.15, 0.2) is 5.78 Å². The van der Waals surface area contributed by atoms with Crippen LogP contribution in [-0.2, 0) is 4.79 Å². The third-order valence-electron chi connectivity index (χ3n) is 2.30. The number of ketones is 1. The van der Waals surface area contributed by atoms with Gasteiger partial charge in [-0.3, -0.25) is 10.1 Å². The topological polar surface area (TPSA) is 41.1 Å². The SMILES string of the molecule is O=C(C1NCCS1)[C@H]1NCCC1=S. The van der Waals surface area contributed by atoms with E-state index >= 15 is 0 Å². The van der Waals surface area contributed by atoms with E-state index in [1.807, 2.05) is 0 Å². The van der Waals surface area contributed by atoms with Crippen molar-refractivity contribution in [3.8, 4) is 0 Å². The maximum Gasteiger partial charge on any atom is 0.181 e. The molecule has 13 heavy (non-hydrogen) atoms. The molecular weight excluding hydrogens is 204 g/mol. The lowest BCUT2D eigenvalue weighted by Gasteiger charge is -2.14. The minimum absolute atomic E-state index is 0.0338. The van der Waals surface area contributed by atoms with Crippen LogP contribution in [0, 0.1) is 0 Å². The highest BCUT2D eigenvalue weighted by atomic mass is 32.2. The molecule has 2 N–H and O–H groups in total. The van der Waals surface area contributed by atoms with Gasteiger partial charge in [-0.25, -0.2) is 0 Å². The van der Waals surface area contributed by atoms with Crippen molar-refractivity contribution in [2.45, 2.75) is 17.8 Å². The molecule has 0 saturated carbocycles. The molecule has 0 aromatic carbocycles. The van der Waals surface area contributed by atoms with E-state index in [9.17, 15) is 4.79 Å². The number of Topliss-reactive ketones (excluding diaryl/α,β-unsaturated/α-hetero) is 1. The van der Waals surface area contributed by atoms with Gasteiger partial charge < -0.3 is 5.32 Å². The van der Waals surface area contributed by atoms with Crippen LogP contribution < -0.4 is 10.6 Å². The summed E-state index contributed by atoms with van der Waals surface area (Å²) in [5, 5.41) is 6.27. The third-order valence-corrected chi connectivity index (χ3v) is 3.91. The molecule has 2 aliphatic rings. The number of thiocarbonyl (C=S) groups is 1. The Morgan fingerprint density at radius 1 is 1.46 bits per heavy atom. The summed E-state index contributed by atoms with van der Waals surface area (Å²) in [4.78, 5) is 12.7. The van der Waals surface area contributed by atoms with Crippen molar-refractivity contribution in [1.82, 2.24) is 10.6 Å². The average Bonchev–Trinajstić information content (AvgIpc) is 2.72. The zero-order valence-corrected chi connectivity index (χ0v) is 8.84. The fraction of sp³-hybridized carbons (Fsp3) is 0.750. The maximum absolute atomic E-state index is 11.8. The number of carbonyl (C=O) groups excluding carboxylic acids is 1. The van der Waals surface area contributed by atoms with Gasteiger partial charge in [-0.2, -0.15) is 0 Å². The fourth-order valence-corrected chi connectivity index (χ4v) is 2.93. The Hall–Kier alpha value is 0.0300. The largest absolute Gasteiger partial charge is 0.303 e. The molecule has 3 nitrogen and oxygen atoms in total. The molecule has 0 aliphatic carbocycles. The Morgan fingerprint density at radius 3 is 2.85 bits per heavy atom. The van der Waals surface area contributed by atoms with Crippen molar-refractivity contribution in [2.75, 3.05) is 18.8 Å². The second-order valence-corrected chi connectivity index (χ2v) is 4.95. The van der Waals surface area contributed by atoms with Gasteiger partial charge in [-0.1, -0.05) is 12.2 Å². The van der Waals surface area contributed by atoms with E-state index in [2.05, 4.69) is 10.6 Å². The van der Waals surface area contributed by atoms with Crippen LogP contribution >= 0.6 is 24.0 Å². The molecule has 2 atom stereocenters.